The Morgan fingerprint density at radius 3 is 2.50 bits per heavy atom. The molecule has 26 heavy (non-hydrogen) atoms. The van der Waals surface area contributed by atoms with Gasteiger partial charge in [-0.25, -0.2) is 4.79 Å². The third-order valence-corrected chi connectivity index (χ3v) is 5.08. The van der Waals surface area contributed by atoms with Crippen LogP contribution in [-0.2, 0) is 0 Å². The van der Waals surface area contributed by atoms with Crippen LogP contribution >= 0.6 is 12.4 Å². The highest BCUT2D eigenvalue weighted by Gasteiger charge is 2.25. The first-order chi connectivity index (χ1) is 12.2. The van der Waals surface area contributed by atoms with Crippen molar-refractivity contribution in [2.24, 2.45) is 11.7 Å². The molecule has 0 heterocycles. The van der Waals surface area contributed by atoms with Crippen LogP contribution in [0.3, 0.4) is 0 Å². The minimum Gasteiger partial charge on any atom is -0.348 e. The third kappa shape index (κ3) is 5.88. The molecule has 0 radical (unpaired) electrons. The number of hydrogen-bond donors (Lipinski definition) is 4. The van der Waals surface area contributed by atoms with Crippen molar-refractivity contribution in [3.8, 4) is 0 Å². The Morgan fingerprint density at radius 2 is 1.85 bits per heavy atom. The van der Waals surface area contributed by atoms with Crippen molar-refractivity contribution < 1.29 is 9.59 Å². The molecule has 1 aromatic carbocycles. The second-order valence-electron chi connectivity index (χ2n) is 7.17. The van der Waals surface area contributed by atoms with Gasteiger partial charge < -0.3 is 21.7 Å². The average molecular weight is 381 g/mol. The van der Waals surface area contributed by atoms with Crippen LogP contribution in [0, 0.1) is 5.92 Å². The topological polar surface area (TPSA) is 96.2 Å². The molecule has 3 amide bonds. The van der Waals surface area contributed by atoms with Gasteiger partial charge in [0.15, 0.2) is 0 Å². The fourth-order valence-electron chi connectivity index (χ4n) is 3.48. The molecule has 2 aliphatic carbocycles. The van der Waals surface area contributed by atoms with E-state index in [1.54, 1.807) is 24.3 Å². The molecule has 0 saturated heterocycles. The summed E-state index contributed by atoms with van der Waals surface area (Å²) < 4.78 is 0. The summed E-state index contributed by atoms with van der Waals surface area (Å²) in [5, 5.41) is 8.74. The minimum atomic E-state index is -0.220. The van der Waals surface area contributed by atoms with Crippen molar-refractivity contribution in [1.29, 1.82) is 0 Å². The first-order valence-electron chi connectivity index (χ1n) is 9.34. The fraction of sp³-hybridized carbons (Fsp3) is 0.579. The Labute approximate surface area is 161 Å². The molecule has 1 atom stereocenters. The van der Waals surface area contributed by atoms with Crippen molar-refractivity contribution in [1.82, 2.24) is 10.6 Å². The van der Waals surface area contributed by atoms with E-state index in [1.165, 1.54) is 19.3 Å². The number of nitrogens with one attached hydrogen (secondary N) is 3. The number of rotatable bonds is 6. The van der Waals surface area contributed by atoms with Crippen LogP contribution in [0.1, 0.15) is 55.3 Å². The highest BCUT2D eigenvalue weighted by atomic mass is 35.5. The number of amides is 3. The van der Waals surface area contributed by atoms with Gasteiger partial charge in [0.2, 0.25) is 0 Å². The van der Waals surface area contributed by atoms with E-state index in [-0.39, 0.29) is 30.4 Å². The molecule has 2 saturated carbocycles. The molecule has 1 aromatic rings. The minimum absolute atomic E-state index is 0. The number of halogens is 1. The number of carbonyl (C=O) groups is 2. The monoisotopic (exact) mass is 380 g/mol. The van der Waals surface area contributed by atoms with E-state index < -0.39 is 0 Å². The summed E-state index contributed by atoms with van der Waals surface area (Å²) in [4.78, 5) is 24.4. The lowest BCUT2D eigenvalue weighted by Crippen LogP contribution is -2.45. The van der Waals surface area contributed by atoms with Gasteiger partial charge in [-0.05, 0) is 49.8 Å². The number of nitrogens with two attached hydrogens (primary N) is 1. The Kier molecular flexibility index (Phi) is 7.72. The van der Waals surface area contributed by atoms with E-state index in [1.807, 2.05) is 0 Å². The molecule has 2 aliphatic rings. The van der Waals surface area contributed by atoms with Crippen LogP contribution in [0.2, 0.25) is 0 Å². The van der Waals surface area contributed by atoms with Crippen LogP contribution in [0.15, 0.2) is 24.3 Å². The summed E-state index contributed by atoms with van der Waals surface area (Å²) >= 11 is 0. The zero-order valence-electron chi connectivity index (χ0n) is 15.0. The van der Waals surface area contributed by atoms with Gasteiger partial charge in [0, 0.05) is 29.9 Å². The second kappa shape index (κ2) is 9.78. The second-order valence-corrected chi connectivity index (χ2v) is 7.17. The van der Waals surface area contributed by atoms with Crippen LogP contribution in [0.25, 0.3) is 0 Å². The number of benzene rings is 1. The van der Waals surface area contributed by atoms with Crippen LogP contribution in [-0.4, -0.2) is 30.6 Å². The van der Waals surface area contributed by atoms with Crippen molar-refractivity contribution in [3.05, 3.63) is 29.8 Å². The average Bonchev–Trinajstić information content (AvgIpc) is 3.44. The summed E-state index contributed by atoms with van der Waals surface area (Å²) in [6, 6.07) is 7.12. The Hall–Kier alpha value is -1.79. The summed E-state index contributed by atoms with van der Waals surface area (Å²) in [6.45, 7) is 0.456. The van der Waals surface area contributed by atoms with Gasteiger partial charge in [0.1, 0.15) is 0 Å². The highest BCUT2D eigenvalue weighted by Crippen LogP contribution is 2.26. The summed E-state index contributed by atoms with van der Waals surface area (Å²) in [7, 11) is 0. The fourth-order valence-corrected chi connectivity index (χ4v) is 3.48. The molecule has 7 heteroatoms. The van der Waals surface area contributed by atoms with Gasteiger partial charge in [-0.2, -0.15) is 0 Å². The van der Waals surface area contributed by atoms with E-state index in [0.29, 0.717) is 29.8 Å². The van der Waals surface area contributed by atoms with E-state index in [4.69, 9.17) is 5.73 Å². The zero-order valence-corrected chi connectivity index (χ0v) is 15.8. The molecular formula is C19H29ClN4O2. The van der Waals surface area contributed by atoms with Crippen LogP contribution < -0.4 is 21.7 Å². The Balaban J connectivity index is 0.00000243. The SMILES string of the molecule is Cl.NCC(NC(=O)c1cccc(NC(=O)NC2CC2)c1)C1CCCCC1. The standard InChI is InChI=1S/C19H28N4O2.ClH/c20-12-17(13-5-2-1-3-6-13)23-18(24)14-7-4-8-16(11-14)22-19(25)21-15-9-10-15;/h4,7-8,11,13,15,17H,1-3,5-6,9-10,12,20H2,(H,23,24)(H2,21,22,25);1H. The maximum Gasteiger partial charge on any atom is 0.319 e. The van der Waals surface area contributed by atoms with E-state index in [9.17, 15) is 9.59 Å². The van der Waals surface area contributed by atoms with Gasteiger partial charge in [0.25, 0.3) is 5.91 Å². The summed E-state index contributed by atoms with van der Waals surface area (Å²) in [5.41, 5.74) is 7.06. The molecule has 144 valence electrons. The van der Waals surface area contributed by atoms with E-state index in [0.717, 1.165) is 25.7 Å². The molecule has 0 aliphatic heterocycles. The van der Waals surface area contributed by atoms with Crippen LogP contribution in [0.5, 0.6) is 0 Å². The first-order valence-corrected chi connectivity index (χ1v) is 9.34. The van der Waals surface area contributed by atoms with Gasteiger partial charge in [-0.3, -0.25) is 4.79 Å². The van der Waals surface area contributed by atoms with Gasteiger partial charge >= 0.3 is 6.03 Å². The van der Waals surface area contributed by atoms with Crippen LogP contribution in [0.4, 0.5) is 10.5 Å². The number of anilines is 1. The summed E-state index contributed by atoms with van der Waals surface area (Å²) in [6.07, 6.45) is 8.04. The van der Waals surface area contributed by atoms with Crippen molar-refractivity contribution in [3.63, 3.8) is 0 Å². The quantitative estimate of drug-likeness (QED) is 0.610. The molecule has 3 rings (SSSR count). The lowest BCUT2D eigenvalue weighted by Gasteiger charge is -2.30. The number of hydrogen-bond acceptors (Lipinski definition) is 3. The number of urea groups is 1. The first kappa shape index (κ1) is 20.5. The number of carbonyl (C=O) groups excluding carboxylic acids is 2. The lowest BCUT2D eigenvalue weighted by atomic mass is 9.84. The molecule has 5 N–H and O–H groups in total. The van der Waals surface area contributed by atoms with Gasteiger partial charge in [-0.15, -0.1) is 12.4 Å². The Bertz CT molecular complexity index is 615. The lowest BCUT2D eigenvalue weighted by molar-refractivity contribution is 0.0915. The molecule has 2 fully saturated rings. The normalized spacial score (nSPS) is 18.3. The van der Waals surface area contributed by atoms with Crippen molar-refractivity contribution in [2.75, 3.05) is 11.9 Å². The van der Waals surface area contributed by atoms with Crippen molar-refractivity contribution in [2.45, 2.75) is 57.0 Å². The largest absolute Gasteiger partial charge is 0.348 e. The molecule has 0 bridgehead atoms. The third-order valence-electron chi connectivity index (χ3n) is 5.08. The predicted octanol–water partition coefficient (Wildman–Crippen LogP) is 3.03. The maximum atomic E-state index is 12.6. The van der Waals surface area contributed by atoms with E-state index >= 15 is 0 Å². The van der Waals surface area contributed by atoms with E-state index in [2.05, 4.69) is 16.0 Å². The van der Waals surface area contributed by atoms with Gasteiger partial charge in [0.05, 0.1) is 0 Å². The molecule has 0 spiro atoms. The zero-order chi connectivity index (χ0) is 17.6. The van der Waals surface area contributed by atoms with Crippen molar-refractivity contribution >= 4 is 30.0 Å². The highest BCUT2D eigenvalue weighted by molar-refractivity contribution is 5.97. The smallest absolute Gasteiger partial charge is 0.319 e. The molecule has 0 aromatic heterocycles. The molecule has 6 nitrogen and oxygen atoms in total. The van der Waals surface area contributed by atoms with Gasteiger partial charge in [-0.1, -0.05) is 25.3 Å². The molecule has 1 unspecified atom stereocenters. The molecular weight excluding hydrogens is 352 g/mol. The maximum absolute atomic E-state index is 12.6. The summed E-state index contributed by atoms with van der Waals surface area (Å²) in [5.74, 6) is 0.334. The Morgan fingerprint density at radius 1 is 1.12 bits per heavy atom. The predicted molar refractivity (Wildman–Crippen MR) is 106 cm³/mol.